The van der Waals surface area contributed by atoms with E-state index < -0.39 is 6.10 Å². The van der Waals surface area contributed by atoms with Crippen molar-refractivity contribution in [2.24, 2.45) is 0 Å². The second kappa shape index (κ2) is 8.75. The smallest absolute Gasteiger partial charge is 0.174 e. The van der Waals surface area contributed by atoms with E-state index in [0.29, 0.717) is 17.2 Å². The number of aliphatic hydroxyl groups excluding tert-OH is 1. The first-order valence-corrected chi connectivity index (χ1v) is 8.27. The molecule has 0 aliphatic carbocycles. The Bertz CT molecular complexity index is 904. The summed E-state index contributed by atoms with van der Waals surface area (Å²) in [6, 6.07) is 22.7. The van der Waals surface area contributed by atoms with Crippen molar-refractivity contribution in [3.8, 4) is 23.3 Å². The number of rotatable bonds is 8. The van der Waals surface area contributed by atoms with Gasteiger partial charge in [-0.3, -0.25) is 0 Å². The SMILES string of the molecule is N#CCOc1cccc(OCC(O)COc2ccc3ccccc3c2)c1. The maximum absolute atomic E-state index is 10.1. The van der Waals surface area contributed by atoms with E-state index in [4.69, 9.17) is 19.5 Å². The zero-order valence-electron chi connectivity index (χ0n) is 14.2. The average molecular weight is 349 g/mol. The van der Waals surface area contributed by atoms with Gasteiger partial charge in [-0.05, 0) is 35.0 Å². The van der Waals surface area contributed by atoms with Crippen LogP contribution in [0.3, 0.4) is 0 Å². The zero-order valence-corrected chi connectivity index (χ0v) is 14.2. The van der Waals surface area contributed by atoms with Gasteiger partial charge in [0.2, 0.25) is 0 Å². The molecule has 1 atom stereocenters. The molecule has 0 saturated heterocycles. The number of nitriles is 1. The van der Waals surface area contributed by atoms with Crippen LogP contribution in [0.2, 0.25) is 0 Å². The third kappa shape index (κ3) is 4.88. The predicted octanol–water partition coefficient (Wildman–Crippen LogP) is 3.56. The lowest BCUT2D eigenvalue weighted by Gasteiger charge is -2.14. The molecule has 1 unspecified atom stereocenters. The Morgan fingerprint density at radius 1 is 0.769 bits per heavy atom. The third-order valence-electron chi connectivity index (χ3n) is 3.71. The van der Waals surface area contributed by atoms with Crippen LogP contribution in [0.5, 0.6) is 17.2 Å². The maximum atomic E-state index is 10.1. The molecule has 0 spiro atoms. The Morgan fingerprint density at radius 3 is 2.15 bits per heavy atom. The van der Waals surface area contributed by atoms with Crippen LogP contribution < -0.4 is 14.2 Å². The molecule has 3 aromatic carbocycles. The number of benzene rings is 3. The van der Waals surface area contributed by atoms with Crippen molar-refractivity contribution in [1.82, 2.24) is 0 Å². The first kappa shape index (κ1) is 17.6. The minimum Gasteiger partial charge on any atom is -0.491 e. The quantitative estimate of drug-likeness (QED) is 0.673. The molecule has 3 rings (SSSR count). The number of nitrogens with zero attached hydrogens (tertiary/aromatic N) is 1. The first-order chi connectivity index (χ1) is 12.7. The molecule has 0 aliphatic heterocycles. The van der Waals surface area contributed by atoms with Gasteiger partial charge in [0.25, 0.3) is 0 Å². The van der Waals surface area contributed by atoms with Crippen LogP contribution in [0.15, 0.2) is 66.7 Å². The summed E-state index contributed by atoms with van der Waals surface area (Å²) in [4.78, 5) is 0. The highest BCUT2D eigenvalue weighted by molar-refractivity contribution is 5.83. The zero-order chi connectivity index (χ0) is 18.2. The Morgan fingerprint density at radius 2 is 1.42 bits per heavy atom. The van der Waals surface area contributed by atoms with E-state index in [1.165, 1.54) is 0 Å². The van der Waals surface area contributed by atoms with Crippen LogP contribution in [-0.2, 0) is 0 Å². The van der Waals surface area contributed by atoms with Gasteiger partial charge in [0.1, 0.15) is 42.6 Å². The summed E-state index contributed by atoms with van der Waals surface area (Å²) in [5.41, 5.74) is 0. The molecule has 0 amide bonds. The van der Waals surface area contributed by atoms with Crippen molar-refractivity contribution >= 4 is 10.8 Å². The molecular weight excluding hydrogens is 330 g/mol. The van der Waals surface area contributed by atoms with E-state index in [1.807, 2.05) is 48.5 Å². The van der Waals surface area contributed by atoms with E-state index in [2.05, 4.69) is 0 Å². The summed E-state index contributed by atoms with van der Waals surface area (Å²) in [5.74, 6) is 1.81. The number of hydrogen-bond donors (Lipinski definition) is 1. The molecule has 5 heteroatoms. The van der Waals surface area contributed by atoms with Gasteiger partial charge in [0.15, 0.2) is 6.61 Å². The molecule has 1 N–H and O–H groups in total. The monoisotopic (exact) mass is 349 g/mol. The molecule has 0 saturated carbocycles. The van der Waals surface area contributed by atoms with Crippen molar-refractivity contribution in [2.75, 3.05) is 19.8 Å². The lowest BCUT2D eigenvalue weighted by atomic mass is 10.1. The summed E-state index contributed by atoms with van der Waals surface area (Å²) in [6.45, 7) is 0.198. The van der Waals surface area contributed by atoms with Crippen LogP contribution in [0, 0.1) is 11.3 Å². The molecule has 26 heavy (non-hydrogen) atoms. The fourth-order valence-electron chi connectivity index (χ4n) is 2.46. The van der Waals surface area contributed by atoms with Crippen molar-refractivity contribution in [2.45, 2.75) is 6.10 Å². The Kier molecular flexibility index (Phi) is 5.92. The number of aliphatic hydroxyl groups is 1. The van der Waals surface area contributed by atoms with Crippen LogP contribution >= 0.6 is 0 Å². The van der Waals surface area contributed by atoms with Crippen LogP contribution in [-0.4, -0.2) is 31.0 Å². The Hall–Kier alpha value is -3.23. The summed E-state index contributed by atoms with van der Waals surface area (Å²) < 4.78 is 16.4. The van der Waals surface area contributed by atoms with E-state index in [9.17, 15) is 5.11 Å². The van der Waals surface area contributed by atoms with Crippen molar-refractivity contribution < 1.29 is 19.3 Å². The molecular formula is C21H19NO4. The van der Waals surface area contributed by atoms with E-state index in [0.717, 1.165) is 10.8 Å². The summed E-state index contributed by atoms with van der Waals surface area (Å²) >= 11 is 0. The van der Waals surface area contributed by atoms with E-state index >= 15 is 0 Å². The topological polar surface area (TPSA) is 71.7 Å². The normalized spacial score (nSPS) is 11.5. The van der Waals surface area contributed by atoms with Gasteiger partial charge in [-0.1, -0.05) is 36.4 Å². The standard InChI is InChI=1S/C21H19NO4/c22-10-11-24-19-6-3-7-20(13-19)25-14-18(23)15-26-21-9-8-16-4-1-2-5-17(16)12-21/h1-9,12-13,18,23H,11,14-15H2. The summed E-state index contributed by atoms with van der Waals surface area (Å²) in [5, 5.41) is 20.8. The van der Waals surface area contributed by atoms with Crippen molar-refractivity contribution in [3.63, 3.8) is 0 Å². The van der Waals surface area contributed by atoms with Gasteiger partial charge in [-0.2, -0.15) is 5.26 Å². The van der Waals surface area contributed by atoms with E-state index in [1.54, 1.807) is 24.3 Å². The van der Waals surface area contributed by atoms with Gasteiger partial charge in [-0.15, -0.1) is 0 Å². The van der Waals surface area contributed by atoms with Gasteiger partial charge < -0.3 is 19.3 Å². The van der Waals surface area contributed by atoms with E-state index in [-0.39, 0.29) is 19.8 Å². The molecule has 0 heterocycles. The van der Waals surface area contributed by atoms with Crippen LogP contribution in [0.4, 0.5) is 0 Å². The molecule has 5 nitrogen and oxygen atoms in total. The highest BCUT2D eigenvalue weighted by atomic mass is 16.5. The lowest BCUT2D eigenvalue weighted by Crippen LogP contribution is -2.25. The Labute approximate surface area is 152 Å². The molecule has 0 bridgehead atoms. The second-order valence-electron chi connectivity index (χ2n) is 5.71. The van der Waals surface area contributed by atoms with Crippen molar-refractivity contribution in [3.05, 3.63) is 66.7 Å². The highest BCUT2D eigenvalue weighted by Crippen LogP contribution is 2.21. The Balaban J connectivity index is 1.49. The largest absolute Gasteiger partial charge is 0.491 e. The fourth-order valence-corrected chi connectivity index (χ4v) is 2.46. The maximum Gasteiger partial charge on any atom is 0.174 e. The molecule has 132 valence electrons. The summed E-state index contributed by atoms with van der Waals surface area (Å²) in [6.07, 6.45) is -0.773. The summed E-state index contributed by atoms with van der Waals surface area (Å²) in [7, 11) is 0. The van der Waals surface area contributed by atoms with Gasteiger partial charge >= 0.3 is 0 Å². The van der Waals surface area contributed by atoms with Gasteiger partial charge in [0.05, 0.1) is 0 Å². The first-order valence-electron chi connectivity index (χ1n) is 8.27. The van der Waals surface area contributed by atoms with Crippen LogP contribution in [0.25, 0.3) is 10.8 Å². The molecule has 3 aromatic rings. The minimum atomic E-state index is -0.773. The fraction of sp³-hybridized carbons (Fsp3) is 0.190. The number of fused-ring (bicyclic) bond motifs is 1. The molecule has 0 aromatic heterocycles. The van der Waals surface area contributed by atoms with Crippen molar-refractivity contribution in [1.29, 1.82) is 5.26 Å². The number of hydrogen-bond acceptors (Lipinski definition) is 5. The minimum absolute atomic E-state index is 0.0221. The molecule has 0 fully saturated rings. The molecule has 0 aliphatic rings. The van der Waals surface area contributed by atoms with Crippen LogP contribution in [0.1, 0.15) is 0 Å². The average Bonchev–Trinajstić information content (AvgIpc) is 2.69. The van der Waals surface area contributed by atoms with Gasteiger partial charge in [-0.25, -0.2) is 0 Å². The number of ether oxygens (including phenoxy) is 3. The highest BCUT2D eigenvalue weighted by Gasteiger charge is 2.08. The second-order valence-corrected chi connectivity index (χ2v) is 5.71. The lowest BCUT2D eigenvalue weighted by molar-refractivity contribution is 0.0626. The molecule has 0 radical (unpaired) electrons. The van der Waals surface area contributed by atoms with Gasteiger partial charge in [0, 0.05) is 6.07 Å². The predicted molar refractivity (Wildman–Crippen MR) is 98.5 cm³/mol. The third-order valence-corrected chi connectivity index (χ3v) is 3.71.